The quantitative estimate of drug-likeness (QED) is 0.208. The molecule has 0 spiro atoms. The van der Waals surface area contributed by atoms with Gasteiger partial charge in [-0.15, -0.1) is 0 Å². The molecule has 0 radical (unpaired) electrons. The van der Waals surface area contributed by atoms with Crippen LogP contribution in [0.25, 0.3) is 6.08 Å². The minimum Gasteiger partial charge on any atom is -0.493 e. The zero-order chi connectivity index (χ0) is 23.0. The van der Waals surface area contributed by atoms with E-state index in [2.05, 4.69) is 0 Å². The lowest BCUT2D eigenvalue weighted by Gasteiger charge is -2.14. The molecule has 0 bridgehead atoms. The molecule has 6 heteroatoms. The standard InChI is InChI=1S/C27H25NO3S2/c1-20-7-5-10-24(17-20)31-16-6-15-30-23-13-11-21(12-14-23)18-25-26(29)28(27(32)33-25)19-22-8-3-2-4-9-22/h2-5,7-14,17-18H,6,15-16,19H2,1H3/b25-18-. The van der Waals surface area contributed by atoms with Crippen molar-refractivity contribution in [3.05, 3.63) is 100 Å². The summed E-state index contributed by atoms with van der Waals surface area (Å²) in [5.41, 5.74) is 3.17. The van der Waals surface area contributed by atoms with Crippen molar-refractivity contribution < 1.29 is 14.3 Å². The first-order chi connectivity index (χ1) is 16.1. The fourth-order valence-electron chi connectivity index (χ4n) is 3.36. The maximum absolute atomic E-state index is 12.8. The first-order valence-corrected chi connectivity index (χ1v) is 12.0. The summed E-state index contributed by atoms with van der Waals surface area (Å²) in [5.74, 6) is 1.62. The summed E-state index contributed by atoms with van der Waals surface area (Å²) in [6.07, 6.45) is 2.67. The van der Waals surface area contributed by atoms with E-state index in [1.807, 2.05) is 91.9 Å². The van der Waals surface area contributed by atoms with Crippen molar-refractivity contribution in [3.63, 3.8) is 0 Å². The van der Waals surface area contributed by atoms with E-state index in [-0.39, 0.29) is 5.91 Å². The third-order valence-corrected chi connectivity index (χ3v) is 6.43. The summed E-state index contributed by atoms with van der Waals surface area (Å²) >= 11 is 6.78. The summed E-state index contributed by atoms with van der Waals surface area (Å²) < 4.78 is 12.1. The van der Waals surface area contributed by atoms with Crippen molar-refractivity contribution in [2.45, 2.75) is 19.9 Å². The molecule has 4 rings (SSSR count). The Bertz CT molecular complexity index is 1140. The molecule has 1 aliphatic heterocycles. The predicted octanol–water partition coefficient (Wildman–Crippen LogP) is 6.24. The van der Waals surface area contributed by atoms with Crippen LogP contribution in [0.5, 0.6) is 11.5 Å². The normalized spacial score (nSPS) is 14.7. The molecule has 0 N–H and O–H groups in total. The van der Waals surface area contributed by atoms with Crippen molar-refractivity contribution in [2.75, 3.05) is 13.2 Å². The van der Waals surface area contributed by atoms with E-state index >= 15 is 0 Å². The molecule has 33 heavy (non-hydrogen) atoms. The summed E-state index contributed by atoms with van der Waals surface area (Å²) in [5, 5.41) is 0. The largest absolute Gasteiger partial charge is 0.493 e. The van der Waals surface area contributed by atoms with Gasteiger partial charge in [-0.25, -0.2) is 0 Å². The van der Waals surface area contributed by atoms with E-state index in [0.717, 1.165) is 29.0 Å². The van der Waals surface area contributed by atoms with Crippen molar-refractivity contribution >= 4 is 40.3 Å². The number of nitrogens with zero attached hydrogens (tertiary/aromatic N) is 1. The molecule has 0 atom stereocenters. The molecule has 0 aliphatic carbocycles. The minimum atomic E-state index is -0.0530. The Hall–Kier alpha value is -3.09. The van der Waals surface area contributed by atoms with Gasteiger partial charge in [0.15, 0.2) is 0 Å². The molecular weight excluding hydrogens is 450 g/mol. The van der Waals surface area contributed by atoms with Gasteiger partial charge in [-0.3, -0.25) is 9.69 Å². The summed E-state index contributed by atoms with van der Waals surface area (Å²) in [4.78, 5) is 15.1. The monoisotopic (exact) mass is 475 g/mol. The van der Waals surface area contributed by atoms with Gasteiger partial charge < -0.3 is 9.47 Å². The fourth-order valence-corrected chi connectivity index (χ4v) is 4.61. The van der Waals surface area contributed by atoms with E-state index in [1.54, 1.807) is 4.90 Å². The van der Waals surface area contributed by atoms with Crippen LogP contribution in [0.4, 0.5) is 0 Å². The molecule has 1 amide bonds. The molecule has 1 heterocycles. The van der Waals surface area contributed by atoms with Gasteiger partial charge in [0.25, 0.3) is 5.91 Å². The van der Waals surface area contributed by atoms with Crippen LogP contribution in [0, 0.1) is 6.92 Å². The molecule has 1 fully saturated rings. The topological polar surface area (TPSA) is 38.8 Å². The van der Waals surface area contributed by atoms with Crippen LogP contribution in [0.1, 0.15) is 23.1 Å². The highest BCUT2D eigenvalue weighted by Crippen LogP contribution is 2.33. The third-order valence-electron chi connectivity index (χ3n) is 5.05. The predicted molar refractivity (Wildman–Crippen MR) is 138 cm³/mol. The number of carbonyl (C=O) groups excluding carboxylic acids is 1. The molecule has 0 aromatic heterocycles. The molecule has 4 nitrogen and oxygen atoms in total. The van der Waals surface area contributed by atoms with E-state index in [0.29, 0.717) is 29.0 Å². The molecule has 1 saturated heterocycles. The number of thioether (sulfide) groups is 1. The Kier molecular flexibility index (Phi) is 7.81. The molecule has 1 aliphatic rings. The van der Waals surface area contributed by atoms with Crippen LogP contribution in [0.2, 0.25) is 0 Å². The Morgan fingerprint density at radius 3 is 2.36 bits per heavy atom. The van der Waals surface area contributed by atoms with Crippen LogP contribution >= 0.6 is 24.0 Å². The second kappa shape index (κ2) is 11.2. The van der Waals surface area contributed by atoms with E-state index in [9.17, 15) is 4.79 Å². The molecule has 0 saturated carbocycles. The number of carbonyl (C=O) groups is 1. The lowest BCUT2D eigenvalue weighted by atomic mass is 10.2. The lowest BCUT2D eigenvalue weighted by molar-refractivity contribution is -0.122. The Morgan fingerprint density at radius 1 is 0.909 bits per heavy atom. The molecule has 168 valence electrons. The number of ether oxygens (including phenoxy) is 2. The van der Waals surface area contributed by atoms with Gasteiger partial charge in [0.2, 0.25) is 0 Å². The van der Waals surface area contributed by atoms with Crippen molar-refractivity contribution in [1.29, 1.82) is 0 Å². The van der Waals surface area contributed by atoms with Gasteiger partial charge in [0.1, 0.15) is 15.8 Å². The highest BCUT2D eigenvalue weighted by atomic mass is 32.2. The smallest absolute Gasteiger partial charge is 0.266 e. The second-order valence-electron chi connectivity index (χ2n) is 7.69. The Labute approximate surface area is 204 Å². The molecule has 3 aromatic carbocycles. The van der Waals surface area contributed by atoms with Crippen LogP contribution < -0.4 is 9.47 Å². The molecular formula is C27H25NO3S2. The van der Waals surface area contributed by atoms with Crippen LogP contribution in [-0.4, -0.2) is 28.3 Å². The van der Waals surface area contributed by atoms with Crippen molar-refractivity contribution in [1.82, 2.24) is 4.90 Å². The van der Waals surface area contributed by atoms with Crippen molar-refractivity contribution in [3.8, 4) is 11.5 Å². The van der Waals surface area contributed by atoms with E-state index in [4.69, 9.17) is 21.7 Å². The van der Waals surface area contributed by atoms with Gasteiger partial charge in [-0.2, -0.15) is 0 Å². The summed E-state index contributed by atoms with van der Waals surface area (Å²) in [6, 6.07) is 25.6. The van der Waals surface area contributed by atoms with Gasteiger partial charge >= 0.3 is 0 Å². The highest BCUT2D eigenvalue weighted by Gasteiger charge is 2.31. The minimum absolute atomic E-state index is 0.0530. The van der Waals surface area contributed by atoms with Gasteiger partial charge in [0, 0.05) is 6.42 Å². The average molecular weight is 476 g/mol. The Balaban J connectivity index is 1.26. The number of amides is 1. The third kappa shape index (κ3) is 6.46. The van der Waals surface area contributed by atoms with Crippen LogP contribution in [0.15, 0.2) is 83.8 Å². The number of benzene rings is 3. The fraction of sp³-hybridized carbons (Fsp3) is 0.185. The average Bonchev–Trinajstić information content (AvgIpc) is 3.08. The first-order valence-electron chi connectivity index (χ1n) is 10.8. The van der Waals surface area contributed by atoms with Crippen LogP contribution in [0.3, 0.4) is 0 Å². The zero-order valence-corrected chi connectivity index (χ0v) is 20.0. The van der Waals surface area contributed by atoms with Gasteiger partial charge in [-0.1, -0.05) is 78.6 Å². The SMILES string of the molecule is Cc1cccc(OCCCOc2ccc(/C=C3\SC(=S)N(Cc4ccccc4)C3=O)cc2)c1. The van der Waals surface area contributed by atoms with E-state index in [1.165, 1.54) is 17.3 Å². The van der Waals surface area contributed by atoms with Gasteiger partial charge in [0.05, 0.1) is 24.7 Å². The summed E-state index contributed by atoms with van der Waals surface area (Å²) in [6.45, 7) is 3.71. The van der Waals surface area contributed by atoms with Crippen LogP contribution in [-0.2, 0) is 11.3 Å². The maximum Gasteiger partial charge on any atom is 0.266 e. The zero-order valence-electron chi connectivity index (χ0n) is 18.4. The number of aryl methyl sites for hydroxylation is 1. The summed E-state index contributed by atoms with van der Waals surface area (Å²) in [7, 11) is 0. The number of rotatable bonds is 9. The van der Waals surface area contributed by atoms with E-state index < -0.39 is 0 Å². The van der Waals surface area contributed by atoms with Gasteiger partial charge in [-0.05, 0) is 54.0 Å². The highest BCUT2D eigenvalue weighted by molar-refractivity contribution is 8.26. The lowest BCUT2D eigenvalue weighted by Crippen LogP contribution is -2.27. The maximum atomic E-state index is 12.8. The molecule has 3 aromatic rings. The number of hydrogen-bond acceptors (Lipinski definition) is 5. The Morgan fingerprint density at radius 2 is 1.64 bits per heavy atom. The van der Waals surface area contributed by atoms with Crippen molar-refractivity contribution in [2.24, 2.45) is 0 Å². The first kappa shape index (κ1) is 23.1. The molecule has 0 unspecified atom stereocenters. The second-order valence-corrected chi connectivity index (χ2v) is 9.37. The number of thiocarbonyl (C=S) groups is 1. The number of hydrogen-bond donors (Lipinski definition) is 0.